The van der Waals surface area contributed by atoms with Crippen molar-refractivity contribution in [2.75, 3.05) is 17.8 Å². The van der Waals surface area contributed by atoms with Gasteiger partial charge in [-0.1, -0.05) is 6.58 Å². The lowest BCUT2D eigenvalue weighted by Gasteiger charge is -2.04. The molecule has 0 aliphatic rings. The lowest BCUT2D eigenvalue weighted by atomic mass is 10.2. The predicted molar refractivity (Wildman–Crippen MR) is 71.1 cm³/mol. The Hall–Kier alpha value is 0.450. The van der Waals surface area contributed by atoms with Gasteiger partial charge in [-0.15, -0.1) is 12.4 Å². The Labute approximate surface area is 113 Å². The second-order valence-corrected chi connectivity index (χ2v) is 4.98. The van der Waals surface area contributed by atoms with Crippen LogP contribution < -0.4 is 18.1 Å². The molecule has 0 spiro atoms. The summed E-state index contributed by atoms with van der Waals surface area (Å²) in [4.78, 5) is 10.3. The van der Waals surface area contributed by atoms with Gasteiger partial charge in [-0.3, -0.25) is 4.79 Å². The Balaban J connectivity index is -0.000000202. The van der Waals surface area contributed by atoms with Crippen LogP contribution in [0, 0.1) is 0 Å². The molecule has 0 amide bonds. The third kappa shape index (κ3) is 14.5. The number of nitrogens with two attached hydrogens (primary N) is 1. The summed E-state index contributed by atoms with van der Waals surface area (Å²) < 4.78 is 0. The first-order valence-corrected chi connectivity index (χ1v) is 5.73. The van der Waals surface area contributed by atoms with Gasteiger partial charge in [0.1, 0.15) is 17.5 Å². The van der Waals surface area contributed by atoms with Crippen LogP contribution in [-0.4, -0.2) is 34.9 Å². The van der Waals surface area contributed by atoms with Crippen molar-refractivity contribution in [2.45, 2.75) is 12.5 Å². The Kier molecular flexibility index (Phi) is 23.7. The van der Waals surface area contributed by atoms with E-state index in [1.165, 1.54) is 0 Å². The summed E-state index contributed by atoms with van der Waals surface area (Å²) in [5.74, 6) is 0.914. The fraction of sp³-hybridized carbons (Fsp3) is 0.625. The molecule has 7 heteroatoms. The lowest BCUT2D eigenvalue weighted by molar-refractivity contribution is -0.138. The predicted octanol–water partition coefficient (Wildman–Crippen LogP) is -2.24. The number of carboxylic acid groups (broad SMARTS) is 1. The summed E-state index contributed by atoms with van der Waals surface area (Å²) in [7, 11) is 0.231. The Morgan fingerprint density at radius 3 is 2.47 bits per heavy atom. The molecule has 15 heavy (non-hydrogen) atoms. The number of halogens is 2. The van der Waals surface area contributed by atoms with E-state index in [4.69, 9.17) is 10.8 Å². The van der Waals surface area contributed by atoms with E-state index in [9.17, 15) is 4.79 Å². The molecule has 3 nitrogen and oxygen atoms in total. The van der Waals surface area contributed by atoms with Crippen LogP contribution in [0.5, 0.6) is 0 Å². The van der Waals surface area contributed by atoms with Crippen molar-refractivity contribution in [1.29, 1.82) is 0 Å². The maximum atomic E-state index is 10.3. The second-order valence-electron chi connectivity index (χ2n) is 2.67. The minimum absolute atomic E-state index is 0. The normalized spacial score (nSPS) is 12.1. The van der Waals surface area contributed by atoms with E-state index in [-0.39, 0.29) is 49.2 Å². The van der Waals surface area contributed by atoms with Gasteiger partial charge in [0.2, 0.25) is 0 Å². The van der Waals surface area contributed by atoms with Crippen LogP contribution in [0.15, 0.2) is 12.7 Å². The van der Waals surface area contributed by atoms with Crippen LogP contribution in [0.1, 0.15) is 6.42 Å². The van der Waals surface area contributed by atoms with Gasteiger partial charge in [-0.2, -0.15) is 13.5 Å². The molecule has 0 aliphatic carbocycles. The van der Waals surface area contributed by atoms with Gasteiger partial charge in [0, 0.05) is 6.42 Å². The van der Waals surface area contributed by atoms with Crippen LogP contribution in [0.3, 0.4) is 0 Å². The summed E-state index contributed by atoms with van der Waals surface area (Å²) in [6, 6.07) is -0.704. The zero-order valence-electron chi connectivity index (χ0n) is 8.61. The Morgan fingerprint density at radius 2 is 2.13 bits per heavy atom. The summed E-state index contributed by atoms with van der Waals surface area (Å²) in [6.07, 6.45) is 4.51. The fourth-order valence-electron chi connectivity index (χ4n) is 0.736. The first-order valence-electron chi connectivity index (χ1n) is 3.76. The van der Waals surface area contributed by atoms with Crippen LogP contribution in [-0.2, 0) is 15.7 Å². The SMILES string of the molecule is C=CC[S+](C)CC[C@H](N)C(=O)O.Cl.S.[Cl-]. The highest BCUT2D eigenvalue weighted by Gasteiger charge is 2.16. The van der Waals surface area contributed by atoms with E-state index in [2.05, 4.69) is 12.8 Å². The van der Waals surface area contributed by atoms with E-state index in [1.54, 1.807) is 0 Å². The van der Waals surface area contributed by atoms with Gasteiger partial charge in [0.25, 0.3) is 0 Å². The fourth-order valence-corrected chi connectivity index (χ4v) is 1.96. The molecule has 0 aromatic carbocycles. The van der Waals surface area contributed by atoms with E-state index < -0.39 is 12.0 Å². The molecule has 0 saturated heterocycles. The smallest absolute Gasteiger partial charge is 0.320 e. The third-order valence-electron chi connectivity index (χ3n) is 1.50. The Bertz CT molecular complexity index is 173. The minimum atomic E-state index is -0.911. The molecule has 0 aromatic heterocycles. The van der Waals surface area contributed by atoms with Crippen molar-refractivity contribution in [3.8, 4) is 0 Å². The van der Waals surface area contributed by atoms with Crippen molar-refractivity contribution in [3.63, 3.8) is 0 Å². The molecular formula is C8H19Cl2NO2S2. The van der Waals surface area contributed by atoms with Gasteiger partial charge in [0.15, 0.2) is 0 Å². The van der Waals surface area contributed by atoms with Crippen molar-refractivity contribution < 1.29 is 22.3 Å². The average molecular weight is 296 g/mol. The zero-order chi connectivity index (χ0) is 9.56. The highest BCUT2D eigenvalue weighted by molar-refractivity contribution is 7.96. The number of aliphatic carboxylic acids is 1. The second kappa shape index (κ2) is 14.5. The molecule has 1 unspecified atom stereocenters. The first kappa shape index (κ1) is 24.6. The highest BCUT2D eigenvalue weighted by Crippen LogP contribution is 1.98. The lowest BCUT2D eigenvalue weighted by Crippen LogP contribution is -3.00. The van der Waals surface area contributed by atoms with E-state index in [1.807, 2.05) is 6.08 Å². The third-order valence-corrected chi connectivity index (χ3v) is 3.23. The molecule has 3 N–H and O–H groups in total. The van der Waals surface area contributed by atoms with Gasteiger partial charge >= 0.3 is 5.97 Å². The van der Waals surface area contributed by atoms with Crippen LogP contribution in [0.25, 0.3) is 0 Å². The maximum Gasteiger partial charge on any atom is 0.320 e. The molecule has 0 aliphatic heterocycles. The standard InChI is InChI=1S/C8H15NO2S.2ClH.H2S/c1-3-5-12(2)6-4-7(9)8(10)11;;;/h3,7H,1,4-6,9H2,2H3;2*1H;1H2/t7-,12?;;;/m0.../s1. The molecule has 0 fully saturated rings. The number of rotatable bonds is 6. The van der Waals surface area contributed by atoms with Crippen LogP contribution in [0.2, 0.25) is 0 Å². The summed E-state index contributed by atoms with van der Waals surface area (Å²) in [6.45, 7) is 3.62. The van der Waals surface area contributed by atoms with Gasteiger partial charge in [-0.25, -0.2) is 0 Å². The number of hydrogen-bond acceptors (Lipinski definition) is 2. The molecule has 94 valence electrons. The summed E-state index contributed by atoms with van der Waals surface area (Å²) in [5, 5.41) is 8.48. The molecule has 0 rings (SSSR count). The largest absolute Gasteiger partial charge is 1.00 e. The van der Waals surface area contributed by atoms with Crippen LogP contribution >= 0.6 is 25.9 Å². The minimum Gasteiger partial charge on any atom is -1.00 e. The summed E-state index contributed by atoms with van der Waals surface area (Å²) in [5.41, 5.74) is 5.34. The summed E-state index contributed by atoms with van der Waals surface area (Å²) >= 11 is 0. The van der Waals surface area contributed by atoms with Gasteiger partial charge in [0.05, 0.1) is 6.26 Å². The number of carbonyl (C=O) groups is 1. The quantitative estimate of drug-likeness (QED) is 0.430. The molecular weight excluding hydrogens is 277 g/mol. The van der Waals surface area contributed by atoms with E-state index >= 15 is 0 Å². The van der Waals surface area contributed by atoms with Crippen LogP contribution in [0.4, 0.5) is 0 Å². The van der Waals surface area contributed by atoms with Crippen molar-refractivity contribution >= 4 is 42.8 Å². The van der Waals surface area contributed by atoms with Gasteiger partial charge < -0.3 is 23.2 Å². The molecule has 0 heterocycles. The highest BCUT2D eigenvalue weighted by atomic mass is 35.5. The zero-order valence-corrected chi connectivity index (χ0v) is 12.0. The van der Waals surface area contributed by atoms with Crippen molar-refractivity contribution in [2.24, 2.45) is 5.73 Å². The number of carboxylic acids is 1. The topological polar surface area (TPSA) is 63.3 Å². The maximum absolute atomic E-state index is 10.3. The van der Waals surface area contributed by atoms with E-state index in [0.29, 0.717) is 6.42 Å². The first-order chi connectivity index (χ1) is 5.57. The average Bonchev–Trinajstić information content (AvgIpc) is 2.00. The van der Waals surface area contributed by atoms with Gasteiger partial charge in [-0.05, 0) is 17.0 Å². The Morgan fingerprint density at radius 1 is 1.67 bits per heavy atom. The molecule has 2 atom stereocenters. The monoisotopic (exact) mass is 295 g/mol. The molecule has 0 saturated carbocycles. The van der Waals surface area contributed by atoms with Crippen molar-refractivity contribution in [1.82, 2.24) is 0 Å². The molecule has 0 aromatic rings. The molecule has 0 radical (unpaired) electrons. The van der Waals surface area contributed by atoms with Crippen molar-refractivity contribution in [3.05, 3.63) is 12.7 Å². The number of hydrogen-bond donors (Lipinski definition) is 2. The van der Waals surface area contributed by atoms with E-state index in [0.717, 1.165) is 11.5 Å². The molecule has 0 bridgehead atoms.